The predicted octanol–water partition coefficient (Wildman–Crippen LogP) is 4.01. The fraction of sp³-hybridized carbons (Fsp3) is 0.450. The number of carbonyl (C=O) groups is 4. The maximum Gasteiger partial charge on any atom is 0.251 e. The lowest BCUT2D eigenvalue weighted by atomic mass is 9.87. The number of nitrogens with one attached hydrogen (secondary N) is 5. The van der Waals surface area contributed by atoms with Crippen LogP contribution in [0.3, 0.4) is 0 Å². The molecule has 0 radical (unpaired) electrons. The van der Waals surface area contributed by atoms with E-state index in [-0.39, 0.29) is 55.4 Å². The van der Waals surface area contributed by atoms with E-state index in [9.17, 15) is 19.2 Å². The van der Waals surface area contributed by atoms with Crippen LogP contribution in [0.1, 0.15) is 79.5 Å². The van der Waals surface area contributed by atoms with Gasteiger partial charge in [-0.15, -0.1) is 0 Å². The first-order chi connectivity index (χ1) is 24.0. The molecule has 3 aromatic carbocycles. The lowest BCUT2D eigenvalue weighted by Gasteiger charge is -2.44. The summed E-state index contributed by atoms with van der Waals surface area (Å²) in [6.45, 7) is 7.17. The number of amides is 4. The van der Waals surface area contributed by atoms with Crippen LogP contribution in [0.25, 0.3) is 0 Å². The van der Waals surface area contributed by atoms with E-state index in [1.54, 1.807) is 24.3 Å². The molecular formula is C40H51N5O5. The largest absolute Gasteiger partial charge is 0.377 e. The van der Waals surface area contributed by atoms with Gasteiger partial charge in [0.1, 0.15) is 6.04 Å². The molecule has 0 saturated carbocycles. The minimum Gasteiger partial charge on any atom is -0.377 e. The van der Waals surface area contributed by atoms with Gasteiger partial charge >= 0.3 is 0 Å². The second-order valence-corrected chi connectivity index (χ2v) is 14.8. The Balaban J connectivity index is 1.33. The Morgan fingerprint density at radius 1 is 0.840 bits per heavy atom. The number of fused-ring (bicyclic) bond motifs is 1. The fourth-order valence-corrected chi connectivity index (χ4v) is 6.40. The molecular weight excluding hydrogens is 630 g/mol. The molecule has 0 aromatic heterocycles. The molecule has 5 rings (SSSR count). The minimum atomic E-state index is -0.991. The van der Waals surface area contributed by atoms with E-state index in [4.69, 9.17) is 4.74 Å². The molecule has 1 fully saturated rings. The van der Waals surface area contributed by atoms with Crippen molar-refractivity contribution in [2.24, 2.45) is 5.41 Å². The molecule has 0 bridgehead atoms. The third kappa shape index (κ3) is 10.5. The van der Waals surface area contributed by atoms with Crippen molar-refractivity contribution in [2.75, 3.05) is 26.3 Å². The maximum atomic E-state index is 14.2. The second kappa shape index (κ2) is 16.9. The van der Waals surface area contributed by atoms with Crippen molar-refractivity contribution in [3.63, 3.8) is 0 Å². The van der Waals surface area contributed by atoms with Gasteiger partial charge in [-0.05, 0) is 66.3 Å². The highest BCUT2D eigenvalue weighted by atomic mass is 16.5. The molecule has 266 valence electrons. The quantitative estimate of drug-likeness (QED) is 0.165. The van der Waals surface area contributed by atoms with Gasteiger partial charge in [-0.3, -0.25) is 24.5 Å². The number of carbonyl (C=O) groups excluding carboxylic acids is 4. The zero-order chi connectivity index (χ0) is 35.6. The normalized spacial score (nSPS) is 17.6. The summed E-state index contributed by atoms with van der Waals surface area (Å²) in [6.07, 6.45) is 3.55. The number of hydrogen-bond donors (Lipinski definition) is 5. The van der Waals surface area contributed by atoms with Crippen LogP contribution in [0.5, 0.6) is 0 Å². The van der Waals surface area contributed by atoms with E-state index in [1.165, 1.54) is 5.56 Å². The molecule has 3 atom stereocenters. The predicted molar refractivity (Wildman–Crippen MR) is 193 cm³/mol. The van der Waals surface area contributed by atoms with Crippen molar-refractivity contribution in [3.05, 3.63) is 107 Å². The number of aryl methyl sites for hydroxylation is 2. The molecule has 0 spiro atoms. The van der Waals surface area contributed by atoms with E-state index in [0.717, 1.165) is 30.4 Å². The van der Waals surface area contributed by atoms with Gasteiger partial charge in [-0.25, -0.2) is 0 Å². The number of rotatable bonds is 15. The SMILES string of the molecule is CC(C)(C)CNC(=O)C[C@H](NC1(CNC(=O)c2ccccc2)COC1)C(=O)N[C@@H](CCc1ccccc1)C(=O)N[C@@H]1CCCc2ccccc21. The van der Waals surface area contributed by atoms with E-state index in [1.807, 2.05) is 69.3 Å². The number of benzene rings is 3. The summed E-state index contributed by atoms with van der Waals surface area (Å²) >= 11 is 0. The van der Waals surface area contributed by atoms with Crippen molar-refractivity contribution in [3.8, 4) is 0 Å². The van der Waals surface area contributed by atoms with Crippen LogP contribution in [0, 0.1) is 5.41 Å². The van der Waals surface area contributed by atoms with Crippen molar-refractivity contribution >= 4 is 23.6 Å². The number of ether oxygens (including phenoxy) is 1. The highest BCUT2D eigenvalue weighted by Gasteiger charge is 2.43. The molecule has 1 aliphatic carbocycles. The minimum absolute atomic E-state index is 0.149. The van der Waals surface area contributed by atoms with Gasteiger partial charge < -0.3 is 26.0 Å². The van der Waals surface area contributed by atoms with Crippen molar-refractivity contribution < 1.29 is 23.9 Å². The van der Waals surface area contributed by atoms with Gasteiger partial charge in [0.2, 0.25) is 17.7 Å². The number of hydrogen-bond acceptors (Lipinski definition) is 6. The smallest absolute Gasteiger partial charge is 0.251 e. The van der Waals surface area contributed by atoms with E-state index in [0.29, 0.717) is 24.9 Å². The topological polar surface area (TPSA) is 138 Å². The van der Waals surface area contributed by atoms with Crippen LogP contribution in [-0.2, 0) is 32.0 Å². The third-order valence-corrected chi connectivity index (χ3v) is 9.27. The Hall–Kier alpha value is -4.54. The van der Waals surface area contributed by atoms with Crippen LogP contribution in [-0.4, -0.2) is 67.6 Å². The Labute approximate surface area is 295 Å². The molecule has 10 heteroatoms. The van der Waals surface area contributed by atoms with Gasteiger partial charge in [0.15, 0.2) is 0 Å². The molecule has 1 saturated heterocycles. The maximum absolute atomic E-state index is 14.2. The Bertz CT molecular complexity index is 1600. The van der Waals surface area contributed by atoms with Gasteiger partial charge in [0.25, 0.3) is 5.91 Å². The summed E-state index contributed by atoms with van der Waals surface area (Å²) in [5.41, 5.74) is 2.99. The zero-order valence-corrected chi connectivity index (χ0v) is 29.4. The first-order valence-corrected chi connectivity index (χ1v) is 17.7. The van der Waals surface area contributed by atoms with E-state index in [2.05, 4.69) is 38.7 Å². The Morgan fingerprint density at radius 3 is 2.20 bits per heavy atom. The summed E-state index contributed by atoms with van der Waals surface area (Å²) in [6, 6.07) is 24.9. The van der Waals surface area contributed by atoms with E-state index < -0.39 is 23.5 Å². The van der Waals surface area contributed by atoms with Gasteiger partial charge in [0, 0.05) is 18.7 Å². The molecule has 5 N–H and O–H groups in total. The Kier molecular flexibility index (Phi) is 12.4. The van der Waals surface area contributed by atoms with Gasteiger partial charge in [0.05, 0.1) is 37.3 Å². The molecule has 1 heterocycles. The third-order valence-electron chi connectivity index (χ3n) is 9.27. The van der Waals surface area contributed by atoms with Crippen LogP contribution < -0.4 is 26.6 Å². The average Bonchev–Trinajstić information content (AvgIpc) is 3.10. The van der Waals surface area contributed by atoms with Crippen LogP contribution >= 0.6 is 0 Å². The highest BCUT2D eigenvalue weighted by molar-refractivity contribution is 5.94. The summed E-state index contributed by atoms with van der Waals surface area (Å²) in [7, 11) is 0. The molecule has 50 heavy (non-hydrogen) atoms. The van der Waals surface area contributed by atoms with Crippen LogP contribution in [0.4, 0.5) is 0 Å². The lowest BCUT2D eigenvalue weighted by molar-refractivity contribution is -0.135. The molecule has 10 nitrogen and oxygen atoms in total. The standard InChI is InChI=1S/C40H51N5O5/c1-39(2,3)24-41-35(46)23-34(45-40(26-50-27-40)25-42-36(47)30-16-8-5-9-17-30)38(49)44-33(22-21-28-13-6-4-7-14-28)37(48)43-32-20-12-18-29-15-10-11-19-31(29)32/h4-11,13-17,19,32-34,45H,12,18,20-27H2,1-3H3,(H,41,46)(H,42,47)(H,43,48)(H,44,49)/t32-,33+,34+/m1/s1. The average molecular weight is 682 g/mol. The molecule has 4 amide bonds. The summed E-state index contributed by atoms with van der Waals surface area (Å²) in [4.78, 5) is 54.4. The van der Waals surface area contributed by atoms with Gasteiger partial charge in [-0.2, -0.15) is 0 Å². The lowest BCUT2D eigenvalue weighted by Crippen LogP contribution is -2.70. The molecule has 1 aliphatic heterocycles. The van der Waals surface area contributed by atoms with Gasteiger partial charge in [-0.1, -0.05) is 93.6 Å². The molecule has 0 unspecified atom stereocenters. The monoisotopic (exact) mass is 681 g/mol. The molecule has 2 aliphatic rings. The summed E-state index contributed by atoms with van der Waals surface area (Å²) in [5, 5.41) is 15.5. The van der Waals surface area contributed by atoms with Crippen molar-refractivity contribution in [1.82, 2.24) is 26.6 Å². The van der Waals surface area contributed by atoms with E-state index >= 15 is 0 Å². The first-order valence-electron chi connectivity index (χ1n) is 17.7. The summed E-state index contributed by atoms with van der Waals surface area (Å²) in [5.74, 6) is -1.26. The second-order valence-electron chi connectivity index (χ2n) is 14.8. The Morgan fingerprint density at radius 2 is 1.52 bits per heavy atom. The van der Waals surface area contributed by atoms with Crippen LogP contribution in [0.2, 0.25) is 0 Å². The highest BCUT2D eigenvalue weighted by Crippen LogP contribution is 2.29. The van der Waals surface area contributed by atoms with Crippen LogP contribution in [0.15, 0.2) is 84.9 Å². The molecule has 3 aromatic rings. The first kappa shape index (κ1) is 36.7. The van der Waals surface area contributed by atoms with Crippen molar-refractivity contribution in [1.29, 1.82) is 0 Å². The fourth-order valence-electron chi connectivity index (χ4n) is 6.40. The zero-order valence-electron chi connectivity index (χ0n) is 29.4. The van der Waals surface area contributed by atoms with Crippen molar-refractivity contribution in [2.45, 2.75) is 83.0 Å². The summed E-state index contributed by atoms with van der Waals surface area (Å²) < 4.78 is 5.56.